The molecule has 1 fully saturated rings. The molecule has 5 nitrogen and oxygen atoms in total. The number of aromatic amines is 1. The van der Waals surface area contributed by atoms with Crippen molar-refractivity contribution in [1.82, 2.24) is 15.5 Å². The summed E-state index contributed by atoms with van der Waals surface area (Å²) in [4.78, 5) is 11.6. The minimum Gasteiger partial charge on any atom is -0.384 e. The molecule has 0 bridgehead atoms. The van der Waals surface area contributed by atoms with Gasteiger partial charge in [0.05, 0.1) is 6.20 Å². The monoisotopic (exact) mass is 222 g/mol. The Hall–Kier alpha value is -1.52. The molecule has 0 radical (unpaired) electrons. The van der Waals surface area contributed by atoms with Crippen LogP contribution in [0.4, 0.5) is 5.82 Å². The van der Waals surface area contributed by atoms with Crippen molar-refractivity contribution in [3.8, 4) is 0 Å². The standard InChI is InChI=1S/C11H18N4O/c12-11-9(7-14-15-11)6-13-10(16)5-8-3-1-2-4-8/h7-8H,1-6H2,(H,13,16)(H3,12,14,15). The largest absolute Gasteiger partial charge is 0.384 e. The zero-order valence-corrected chi connectivity index (χ0v) is 9.33. The van der Waals surface area contributed by atoms with Crippen LogP contribution >= 0.6 is 0 Å². The molecule has 4 N–H and O–H groups in total. The normalized spacial score (nSPS) is 16.5. The van der Waals surface area contributed by atoms with Crippen LogP contribution in [-0.4, -0.2) is 16.1 Å². The highest BCUT2D eigenvalue weighted by Gasteiger charge is 2.18. The Morgan fingerprint density at radius 1 is 1.56 bits per heavy atom. The van der Waals surface area contributed by atoms with Crippen LogP contribution in [0.5, 0.6) is 0 Å². The third-order valence-electron chi connectivity index (χ3n) is 3.18. The summed E-state index contributed by atoms with van der Waals surface area (Å²) in [5.74, 6) is 1.23. The van der Waals surface area contributed by atoms with Crippen molar-refractivity contribution in [2.75, 3.05) is 5.73 Å². The summed E-state index contributed by atoms with van der Waals surface area (Å²) >= 11 is 0. The lowest BCUT2D eigenvalue weighted by atomic mass is 10.0. The van der Waals surface area contributed by atoms with Crippen molar-refractivity contribution in [2.45, 2.75) is 38.6 Å². The molecule has 1 amide bonds. The van der Waals surface area contributed by atoms with Gasteiger partial charge in [-0.3, -0.25) is 9.89 Å². The molecule has 1 aromatic heterocycles. The highest BCUT2D eigenvalue weighted by atomic mass is 16.1. The van der Waals surface area contributed by atoms with Crippen LogP contribution in [0.25, 0.3) is 0 Å². The van der Waals surface area contributed by atoms with Crippen molar-refractivity contribution >= 4 is 11.7 Å². The summed E-state index contributed by atoms with van der Waals surface area (Å²) < 4.78 is 0. The number of nitrogen functional groups attached to an aromatic ring is 1. The Labute approximate surface area is 94.8 Å². The van der Waals surface area contributed by atoms with Crippen LogP contribution in [0.1, 0.15) is 37.7 Å². The molecule has 0 spiro atoms. The number of nitrogens with one attached hydrogen (secondary N) is 2. The minimum absolute atomic E-state index is 0.118. The molecule has 0 saturated heterocycles. The number of carbonyl (C=O) groups is 1. The molecule has 5 heteroatoms. The molecular weight excluding hydrogens is 204 g/mol. The number of anilines is 1. The number of carbonyl (C=O) groups excluding carboxylic acids is 1. The van der Waals surface area contributed by atoms with E-state index in [0.29, 0.717) is 24.7 Å². The van der Waals surface area contributed by atoms with Gasteiger partial charge in [0.25, 0.3) is 0 Å². The Balaban J connectivity index is 1.73. The van der Waals surface area contributed by atoms with Gasteiger partial charge in [-0.15, -0.1) is 0 Å². The van der Waals surface area contributed by atoms with E-state index in [1.165, 1.54) is 25.7 Å². The second kappa shape index (κ2) is 5.01. The SMILES string of the molecule is Nc1[nH]ncc1CNC(=O)CC1CCCC1. The number of nitrogens with two attached hydrogens (primary N) is 1. The molecule has 0 atom stereocenters. The van der Waals surface area contributed by atoms with Crippen molar-refractivity contribution < 1.29 is 4.79 Å². The van der Waals surface area contributed by atoms with E-state index in [2.05, 4.69) is 15.5 Å². The lowest BCUT2D eigenvalue weighted by molar-refractivity contribution is -0.122. The first-order valence-electron chi connectivity index (χ1n) is 5.80. The molecule has 1 aliphatic carbocycles. The number of rotatable bonds is 4. The Kier molecular flexibility index (Phi) is 3.44. The fraction of sp³-hybridized carbons (Fsp3) is 0.636. The Morgan fingerprint density at radius 2 is 2.31 bits per heavy atom. The molecule has 1 saturated carbocycles. The van der Waals surface area contributed by atoms with Crippen molar-refractivity contribution in [3.63, 3.8) is 0 Å². The van der Waals surface area contributed by atoms with E-state index >= 15 is 0 Å². The summed E-state index contributed by atoms with van der Waals surface area (Å²) in [6, 6.07) is 0. The second-order valence-corrected chi connectivity index (χ2v) is 4.44. The number of aromatic nitrogens is 2. The van der Waals surface area contributed by atoms with Crippen LogP contribution in [0.15, 0.2) is 6.20 Å². The van der Waals surface area contributed by atoms with Crippen LogP contribution < -0.4 is 11.1 Å². The predicted molar refractivity (Wildman–Crippen MR) is 61.4 cm³/mol. The van der Waals surface area contributed by atoms with Gasteiger partial charge in [-0.1, -0.05) is 12.8 Å². The topological polar surface area (TPSA) is 83.8 Å². The fourth-order valence-corrected chi connectivity index (χ4v) is 2.20. The van der Waals surface area contributed by atoms with E-state index in [1.807, 2.05) is 0 Å². The molecule has 1 heterocycles. The zero-order chi connectivity index (χ0) is 11.4. The summed E-state index contributed by atoms with van der Waals surface area (Å²) in [5, 5.41) is 9.32. The average molecular weight is 222 g/mol. The van der Waals surface area contributed by atoms with E-state index < -0.39 is 0 Å². The molecule has 88 valence electrons. The van der Waals surface area contributed by atoms with Gasteiger partial charge in [-0.25, -0.2) is 0 Å². The summed E-state index contributed by atoms with van der Waals surface area (Å²) in [6.07, 6.45) is 7.23. The van der Waals surface area contributed by atoms with Gasteiger partial charge in [-0.05, 0) is 18.8 Å². The van der Waals surface area contributed by atoms with Gasteiger partial charge in [-0.2, -0.15) is 5.10 Å². The summed E-state index contributed by atoms with van der Waals surface area (Å²) in [6.45, 7) is 0.466. The summed E-state index contributed by atoms with van der Waals surface area (Å²) in [7, 11) is 0. The third kappa shape index (κ3) is 2.74. The van der Waals surface area contributed by atoms with Gasteiger partial charge < -0.3 is 11.1 Å². The molecule has 2 rings (SSSR count). The maximum Gasteiger partial charge on any atom is 0.220 e. The van der Waals surface area contributed by atoms with Crippen LogP contribution in [0.2, 0.25) is 0 Å². The van der Waals surface area contributed by atoms with E-state index in [9.17, 15) is 4.79 Å². The third-order valence-corrected chi connectivity index (χ3v) is 3.18. The molecule has 1 aromatic rings. The van der Waals surface area contributed by atoms with Crippen LogP contribution in [0, 0.1) is 5.92 Å². The van der Waals surface area contributed by atoms with Crippen molar-refractivity contribution in [1.29, 1.82) is 0 Å². The van der Waals surface area contributed by atoms with Gasteiger partial charge >= 0.3 is 0 Å². The lowest BCUT2D eigenvalue weighted by Gasteiger charge is -2.08. The van der Waals surface area contributed by atoms with Gasteiger partial charge in [0.15, 0.2) is 0 Å². The summed E-state index contributed by atoms with van der Waals surface area (Å²) in [5.41, 5.74) is 6.47. The van der Waals surface area contributed by atoms with E-state index in [1.54, 1.807) is 6.20 Å². The minimum atomic E-state index is 0.118. The van der Waals surface area contributed by atoms with Crippen molar-refractivity contribution in [3.05, 3.63) is 11.8 Å². The van der Waals surface area contributed by atoms with Crippen LogP contribution in [0.3, 0.4) is 0 Å². The van der Waals surface area contributed by atoms with E-state index in [4.69, 9.17) is 5.73 Å². The number of hydrogen-bond donors (Lipinski definition) is 3. The number of hydrogen-bond acceptors (Lipinski definition) is 3. The quantitative estimate of drug-likeness (QED) is 0.715. The number of H-pyrrole nitrogens is 1. The Bertz CT molecular complexity index is 355. The smallest absolute Gasteiger partial charge is 0.220 e. The molecule has 1 aliphatic rings. The zero-order valence-electron chi connectivity index (χ0n) is 9.33. The van der Waals surface area contributed by atoms with Crippen LogP contribution in [-0.2, 0) is 11.3 Å². The van der Waals surface area contributed by atoms with E-state index in [0.717, 1.165) is 5.56 Å². The number of amides is 1. The molecule has 0 aliphatic heterocycles. The lowest BCUT2D eigenvalue weighted by Crippen LogP contribution is -2.24. The molecule has 0 unspecified atom stereocenters. The predicted octanol–water partition coefficient (Wildman–Crippen LogP) is 1.19. The molecular formula is C11H18N4O. The second-order valence-electron chi connectivity index (χ2n) is 4.44. The number of nitrogens with zero attached hydrogens (tertiary/aromatic N) is 1. The average Bonchev–Trinajstić information content (AvgIpc) is 2.87. The first-order chi connectivity index (χ1) is 7.75. The maximum absolute atomic E-state index is 11.6. The Morgan fingerprint density at radius 3 is 2.94 bits per heavy atom. The van der Waals surface area contributed by atoms with E-state index in [-0.39, 0.29) is 5.91 Å². The first-order valence-corrected chi connectivity index (χ1v) is 5.80. The maximum atomic E-state index is 11.6. The fourth-order valence-electron chi connectivity index (χ4n) is 2.20. The highest BCUT2D eigenvalue weighted by Crippen LogP contribution is 2.27. The first kappa shape index (κ1) is 11.0. The molecule has 16 heavy (non-hydrogen) atoms. The van der Waals surface area contributed by atoms with Gasteiger partial charge in [0.2, 0.25) is 5.91 Å². The highest BCUT2D eigenvalue weighted by molar-refractivity contribution is 5.76. The van der Waals surface area contributed by atoms with Gasteiger partial charge in [0.1, 0.15) is 5.82 Å². The molecule has 0 aromatic carbocycles. The van der Waals surface area contributed by atoms with Crippen molar-refractivity contribution in [2.24, 2.45) is 5.92 Å². The van der Waals surface area contributed by atoms with Gasteiger partial charge in [0, 0.05) is 18.5 Å².